The van der Waals surface area contributed by atoms with Crippen LogP contribution in [0, 0.1) is 39.0 Å². The Morgan fingerprint density at radius 1 is 0.364 bits per heavy atom. The third-order valence-corrected chi connectivity index (χ3v) is 17.4. The number of nitrogens with zero attached hydrogens (tertiary/aromatic N) is 6. The number of hydrogen-bond donors (Lipinski definition) is 0. The van der Waals surface area contributed by atoms with Gasteiger partial charge in [0.25, 0.3) is 0 Å². The second-order valence-electron chi connectivity index (χ2n) is 20.9. The van der Waals surface area contributed by atoms with Crippen molar-refractivity contribution in [3.05, 3.63) is 234 Å². The first-order chi connectivity index (χ1) is 37.8. The van der Waals surface area contributed by atoms with Crippen molar-refractivity contribution in [2.24, 2.45) is 0 Å². The van der Waals surface area contributed by atoms with Crippen molar-refractivity contribution in [1.82, 2.24) is 23.3 Å². The minimum Gasteiger partial charge on any atom is -0.306 e. The molecule has 0 unspecified atom stereocenters. The highest BCUT2D eigenvalue weighted by atomic mass is 32.1. The summed E-state index contributed by atoms with van der Waals surface area (Å²) in [5.74, 6) is 0. The lowest BCUT2D eigenvalue weighted by molar-refractivity contribution is 1.04. The van der Waals surface area contributed by atoms with Gasteiger partial charge in [-0.2, -0.15) is 5.26 Å². The molecule has 77 heavy (non-hydrogen) atoms. The van der Waals surface area contributed by atoms with Gasteiger partial charge in [-0.15, -0.1) is 11.3 Å². The summed E-state index contributed by atoms with van der Waals surface area (Å²) in [5.41, 5.74) is 18.8. The van der Waals surface area contributed by atoms with E-state index in [2.05, 4.69) is 246 Å². The fraction of sp³-hybridized carbons (Fsp3) is 0.0571. The number of pyridine rings is 1. The molecule has 16 rings (SSSR count). The fourth-order valence-corrected chi connectivity index (χ4v) is 14.2. The topological polar surface area (TPSA) is 56.4 Å². The van der Waals surface area contributed by atoms with E-state index < -0.39 is 0 Å². The molecule has 0 amide bonds. The van der Waals surface area contributed by atoms with Crippen molar-refractivity contribution in [2.75, 3.05) is 0 Å². The van der Waals surface area contributed by atoms with Gasteiger partial charge in [0.2, 0.25) is 0 Å². The summed E-state index contributed by atoms with van der Waals surface area (Å²) in [5, 5.41) is 24.2. The van der Waals surface area contributed by atoms with E-state index in [0.717, 1.165) is 164 Å². The van der Waals surface area contributed by atoms with Crippen LogP contribution < -0.4 is 0 Å². The lowest BCUT2D eigenvalue weighted by Gasteiger charge is -2.29. The van der Waals surface area contributed by atoms with Crippen LogP contribution in [-0.4, -0.2) is 23.3 Å². The SMILES string of the molecule is Cc1ccc2c3ccccc3n(-c3c(C#N)c(-n4c5ccccc5c5ccc(C)cc54)c(-n4c5ccccc5c5ccc(C)cc54)c(-c4cccc5sc6ccncc6c45)c3-n3c4ccccc4c4ccc(C)cc43)c2c1. The maximum Gasteiger partial charge on any atom is 0.104 e. The molecule has 0 N–H and O–H groups in total. The van der Waals surface area contributed by atoms with Crippen molar-refractivity contribution in [2.45, 2.75) is 27.7 Å². The molecule has 0 fully saturated rings. The molecule has 16 aromatic rings. The highest BCUT2D eigenvalue weighted by Gasteiger charge is 2.36. The van der Waals surface area contributed by atoms with Gasteiger partial charge < -0.3 is 18.3 Å². The van der Waals surface area contributed by atoms with E-state index in [4.69, 9.17) is 4.98 Å². The minimum atomic E-state index is 0.549. The van der Waals surface area contributed by atoms with Crippen LogP contribution in [0.5, 0.6) is 0 Å². The van der Waals surface area contributed by atoms with Gasteiger partial charge in [-0.3, -0.25) is 4.98 Å². The molecule has 0 saturated carbocycles. The molecule has 0 spiro atoms. The fourth-order valence-electron chi connectivity index (χ4n) is 13.1. The molecule has 0 bridgehead atoms. The molecular weight excluding hydrogens is 957 g/mol. The van der Waals surface area contributed by atoms with Crippen LogP contribution in [0.1, 0.15) is 27.8 Å². The van der Waals surface area contributed by atoms with Gasteiger partial charge in [-0.25, -0.2) is 0 Å². The average molecular weight is 1000 g/mol. The molecule has 0 aliphatic rings. The maximum atomic E-state index is 13.0. The Bertz CT molecular complexity index is 5030. The molecular formula is C70H46N6S. The number of hydrogen-bond acceptors (Lipinski definition) is 3. The highest BCUT2D eigenvalue weighted by molar-refractivity contribution is 7.25. The Hall–Kier alpha value is -9.74. The number of nitriles is 1. The summed E-state index contributed by atoms with van der Waals surface area (Å²) in [4.78, 5) is 4.84. The number of thiophene rings is 1. The largest absolute Gasteiger partial charge is 0.306 e. The predicted octanol–water partition coefficient (Wildman–Crippen LogP) is 18.6. The van der Waals surface area contributed by atoms with Crippen molar-refractivity contribution < 1.29 is 0 Å². The Morgan fingerprint density at radius 3 is 1.14 bits per heavy atom. The summed E-state index contributed by atoms with van der Waals surface area (Å²) in [6, 6.07) is 74.4. The number of fused-ring (bicyclic) bond motifs is 15. The number of benzene rings is 10. The van der Waals surface area contributed by atoms with Crippen LogP contribution in [0.3, 0.4) is 0 Å². The molecule has 0 aliphatic carbocycles. The first-order valence-electron chi connectivity index (χ1n) is 26.2. The minimum absolute atomic E-state index is 0.549. The van der Waals surface area contributed by atoms with Gasteiger partial charge in [0.15, 0.2) is 0 Å². The van der Waals surface area contributed by atoms with Crippen molar-refractivity contribution in [1.29, 1.82) is 5.26 Å². The third-order valence-electron chi connectivity index (χ3n) is 16.3. The number of aromatic nitrogens is 5. The number of para-hydroxylation sites is 4. The molecule has 7 heteroatoms. The zero-order valence-electron chi connectivity index (χ0n) is 42.7. The smallest absolute Gasteiger partial charge is 0.104 e. The quantitative estimate of drug-likeness (QED) is 0.172. The second-order valence-corrected chi connectivity index (χ2v) is 22.0. The molecule has 6 heterocycles. The van der Waals surface area contributed by atoms with E-state index in [1.54, 1.807) is 11.3 Å². The van der Waals surface area contributed by atoms with Gasteiger partial charge in [-0.05, 0) is 116 Å². The zero-order chi connectivity index (χ0) is 51.4. The lowest BCUT2D eigenvalue weighted by atomic mass is 9.91. The molecule has 0 saturated heterocycles. The summed E-state index contributed by atoms with van der Waals surface area (Å²) < 4.78 is 12.2. The van der Waals surface area contributed by atoms with Gasteiger partial charge in [0.1, 0.15) is 11.6 Å². The van der Waals surface area contributed by atoms with Crippen molar-refractivity contribution >= 4 is 119 Å². The van der Waals surface area contributed by atoms with E-state index >= 15 is 0 Å². The lowest BCUT2D eigenvalue weighted by Crippen LogP contribution is -2.16. The summed E-state index contributed by atoms with van der Waals surface area (Å²) >= 11 is 1.80. The number of aryl methyl sites for hydroxylation is 4. The third kappa shape index (κ3) is 6.02. The summed E-state index contributed by atoms with van der Waals surface area (Å²) in [6.07, 6.45) is 3.95. The standard InChI is InChI=1S/C70H46N6S/c1-40-24-28-48-44-14-5-9-19-55(44)73(59(48)34-40)67-53(38-71)68(74-56-20-10-6-15-45(56)49-29-25-41(2)35-60(49)74)70(76-58-22-12-8-17-47(58)51-31-27-43(4)37-62(51)76)66(52-18-13-23-64-65(52)54-39-72-33-32-63(54)77-64)69(67)75-57-21-11-7-16-46(57)50-30-26-42(3)36-61(50)75/h5-37,39H,1-4H3. The average Bonchev–Trinajstić information content (AvgIpc) is 4.47. The summed E-state index contributed by atoms with van der Waals surface area (Å²) in [7, 11) is 0. The van der Waals surface area contributed by atoms with Crippen LogP contribution in [0.4, 0.5) is 0 Å². The second kappa shape index (κ2) is 16.1. The van der Waals surface area contributed by atoms with Crippen LogP contribution in [-0.2, 0) is 0 Å². The van der Waals surface area contributed by atoms with Crippen LogP contribution in [0.2, 0.25) is 0 Å². The Kier molecular flexibility index (Phi) is 9.14. The number of rotatable bonds is 5. The van der Waals surface area contributed by atoms with Gasteiger partial charge in [-0.1, -0.05) is 133 Å². The Morgan fingerprint density at radius 2 is 0.740 bits per heavy atom. The van der Waals surface area contributed by atoms with Gasteiger partial charge >= 0.3 is 0 Å². The van der Waals surface area contributed by atoms with Crippen molar-refractivity contribution in [3.63, 3.8) is 0 Å². The molecule has 0 atom stereocenters. The molecule has 6 aromatic heterocycles. The Labute approximate surface area is 446 Å². The zero-order valence-corrected chi connectivity index (χ0v) is 43.5. The molecule has 0 radical (unpaired) electrons. The van der Waals surface area contributed by atoms with Gasteiger partial charge in [0, 0.05) is 81.2 Å². The highest BCUT2D eigenvalue weighted by Crippen LogP contribution is 2.54. The normalized spacial score (nSPS) is 12.1. The van der Waals surface area contributed by atoms with E-state index in [1.807, 2.05) is 12.4 Å². The molecule has 6 nitrogen and oxygen atoms in total. The monoisotopic (exact) mass is 1000 g/mol. The van der Waals surface area contributed by atoms with E-state index in [1.165, 1.54) is 0 Å². The molecule has 362 valence electrons. The first kappa shape index (κ1) is 43.6. The Balaban J connectivity index is 1.31. The van der Waals surface area contributed by atoms with Crippen LogP contribution >= 0.6 is 11.3 Å². The molecule has 0 aliphatic heterocycles. The van der Waals surface area contributed by atoms with E-state index in [-0.39, 0.29) is 0 Å². The summed E-state index contributed by atoms with van der Waals surface area (Å²) in [6.45, 7) is 8.71. The van der Waals surface area contributed by atoms with Crippen LogP contribution in [0.15, 0.2) is 207 Å². The predicted molar refractivity (Wildman–Crippen MR) is 324 cm³/mol. The van der Waals surface area contributed by atoms with Crippen molar-refractivity contribution in [3.8, 4) is 39.9 Å². The first-order valence-corrected chi connectivity index (χ1v) is 27.1. The van der Waals surface area contributed by atoms with Gasteiger partial charge in [0.05, 0.1) is 66.9 Å². The van der Waals surface area contributed by atoms with Crippen LogP contribution in [0.25, 0.3) is 141 Å². The van der Waals surface area contributed by atoms with E-state index in [0.29, 0.717) is 5.56 Å². The maximum absolute atomic E-state index is 13.0. The molecule has 10 aromatic carbocycles. The van der Waals surface area contributed by atoms with E-state index in [9.17, 15) is 5.26 Å².